The van der Waals surface area contributed by atoms with Crippen molar-refractivity contribution in [1.29, 1.82) is 0 Å². The van der Waals surface area contributed by atoms with Crippen LogP contribution in [0.15, 0.2) is 48.5 Å². The van der Waals surface area contributed by atoms with E-state index in [2.05, 4.69) is 5.32 Å². The summed E-state index contributed by atoms with van der Waals surface area (Å²) in [7, 11) is 1.57. The summed E-state index contributed by atoms with van der Waals surface area (Å²) in [4.78, 5) is 26.3. The minimum atomic E-state index is -0.373. The van der Waals surface area contributed by atoms with Crippen LogP contribution < -0.4 is 10.1 Å². The molecular formula is C20H21FN2O3. The molecule has 1 aliphatic rings. The zero-order chi connectivity index (χ0) is 18.5. The molecule has 5 nitrogen and oxygen atoms in total. The van der Waals surface area contributed by atoms with Gasteiger partial charge in [0.25, 0.3) is 0 Å². The van der Waals surface area contributed by atoms with Gasteiger partial charge in [0.1, 0.15) is 11.6 Å². The van der Waals surface area contributed by atoms with Crippen LogP contribution in [0.4, 0.5) is 10.1 Å². The van der Waals surface area contributed by atoms with Crippen molar-refractivity contribution in [3.05, 3.63) is 59.9 Å². The maximum absolute atomic E-state index is 12.9. The van der Waals surface area contributed by atoms with E-state index in [0.717, 1.165) is 5.56 Å². The number of hydrogen-bond donors (Lipinski definition) is 1. The molecule has 1 N–H and O–H groups in total. The van der Waals surface area contributed by atoms with E-state index >= 15 is 0 Å². The van der Waals surface area contributed by atoms with Gasteiger partial charge in [-0.15, -0.1) is 0 Å². The summed E-state index contributed by atoms with van der Waals surface area (Å²) in [6.07, 6.45) is 0.843. The maximum Gasteiger partial charge on any atom is 0.229 e. The molecule has 0 aliphatic carbocycles. The van der Waals surface area contributed by atoms with Crippen molar-refractivity contribution >= 4 is 17.5 Å². The third kappa shape index (κ3) is 4.39. The molecule has 136 valence electrons. The second kappa shape index (κ2) is 7.99. The molecule has 0 unspecified atom stereocenters. The van der Waals surface area contributed by atoms with Crippen LogP contribution >= 0.6 is 0 Å². The molecule has 0 radical (unpaired) electrons. The zero-order valence-electron chi connectivity index (χ0n) is 14.6. The fourth-order valence-corrected chi connectivity index (χ4v) is 3.02. The molecule has 1 heterocycles. The summed E-state index contributed by atoms with van der Waals surface area (Å²) < 4.78 is 18.1. The van der Waals surface area contributed by atoms with E-state index < -0.39 is 0 Å². The fraction of sp³-hybridized carbons (Fsp3) is 0.300. The van der Waals surface area contributed by atoms with Crippen molar-refractivity contribution in [2.75, 3.05) is 25.5 Å². The van der Waals surface area contributed by atoms with Crippen LogP contribution in [0.5, 0.6) is 5.75 Å². The van der Waals surface area contributed by atoms with Crippen LogP contribution in [-0.2, 0) is 16.0 Å². The number of ether oxygens (including phenoxy) is 1. The third-order valence-electron chi connectivity index (χ3n) is 4.51. The Kier molecular flexibility index (Phi) is 5.51. The molecular weight excluding hydrogens is 335 g/mol. The van der Waals surface area contributed by atoms with Gasteiger partial charge in [0.15, 0.2) is 0 Å². The normalized spacial score (nSPS) is 16.6. The quantitative estimate of drug-likeness (QED) is 0.866. The largest absolute Gasteiger partial charge is 0.497 e. The van der Waals surface area contributed by atoms with Crippen molar-refractivity contribution in [3.8, 4) is 5.75 Å². The Bertz CT molecular complexity index is 792. The first-order valence-electron chi connectivity index (χ1n) is 8.52. The lowest BCUT2D eigenvalue weighted by atomic mass is 10.1. The Morgan fingerprint density at radius 3 is 2.77 bits per heavy atom. The van der Waals surface area contributed by atoms with Crippen molar-refractivity contribution in [2.24, 2.45) is 5.92 Å². The number of carbonyl (C=O) groups excluding carboxylic acids is 2. The highest BCUT2D eigenvalue weighted by atomic mass is 19.1. The van der Waals surface area contributed by atoms with Gasteiger partial charge in [-0.3, -0.25) is 9.59 Å². The van der Waals surface area contributed by atoms with Gasteiger partial charge in [0.05, 0.1) is 13.0 Å². The first-order chi connectivity index (χ1) is 12.5. The van der Waals surface area contributed by atoms with Crippen molar-refractivity contribution in [3.63, 3.8) is 0 Å². The lowest BCUT2D eigenvalue weighted by Gasteiger charge is -2.16. The van der Waals surface area contributed by atoms with Crippen LogP contribution in [-0.4, -0.2) is 36.9 Å². The summed E-state index contributed by atoms with van der Waals surface area (Å²) in [5.74, 6) is -0.192. The lowest BCUT2D eigenvalue weighted by Crippen LogP contribution is -2.30. The Labute approximate surface area is 151 Å². The Balaban J connectivity index is 1.54. The average Bonchev–Trinajstić information content (AvgIpc) is 3.02. The Morgan fingerprint density at radius 2 is 2.04 bits per heavy atom. The molecule has 0 saturated carbocycles. The van der Waals surface area contributed by atoms with Crippen LogP contribution in [0.1, 0.15) is 12.0 Å². The highest BCUT2D eigenvalue weighted by Crippen LogP contribution is 2.22. The highest BCUT2D eigenvalue weighted by molar-refractivity contribution is 5.97. The molecule has 1 fully saturated rings. The third-order valence-corrected chi connectivity index (χ3v) is 4.51. The van der Waals surface area contributed by atoms with Crippen LogP contribution in [0.25, 0.3) is 0 Å². The van der Waals surface area contributed by atoms with Gasteiger partial charge < -0.3 is 15.0 Å². The second-order valence-corrected chi connectivity index (χ2v) is 6.34. The summed E-state index contributed by atoms with van der Waals surface area (Å²) in [6.45, 7) is 0.920. The topological polar surface area (TPSA) is 58.6 Å². The SMILES string of the molecule is COc1cccc(NC(=O)[C@H]2CC(=O)N(CCc3ccc(F)cc3)C2)c1. The van der Waals surface area contributed by atoms with E-state index in [-0.39, 0.29) is 30.0 Å². The summed E-state index contributed by atoms with van der Waals surface area (Å²) in [6, 6.07) is 13.3. The number of amides is 2. The molecule has 2 amide bonds. The van der Waals surface area contributed by atoms with Gasteiger partial charge in [0.2, 0.25) is 11.8 Å². The standard InChI is InChI=1S/C20H21FN2O3/c1-26-18-4-2-3-17(12-18)22-20(25)15-11-19(24)23(13-15)10-9-14-5-7-16(21)8-6-14/h2-8,12,15H,9-11,13H2,1H3,(H,22,25)/t15-/m0/s1. The number of nitrogens with one attached hydrogen (secondary N) is 1. The van der Waals surface area contributed by atoms with Gasteiger partial charge in [-0.05, 0) is 36.2 Å². The average molecular weight is 356 g/mol. The van der Waals surface area contributed by atoms with Gasteiger partial charge in [-0.25, -0.2) is 4.39 Å². The number of rotatable bonds is 6. The maximum atomic E-state index is 12.9. The molecule has 1 saturated heterocycles. The van der Waals surface area contributed by atoms with Gasteiger partial charge >= 0.3 is 0 Å². The van der Waals surface area contributed by atoms with Crippen LogP contribution in [0.2, 0.25) is 0 Å². The van der Waals surface area contributed by atoms with E-state index in [1.54, 1.807) is 48.4 Å². The molecule has 26 heavy (non-hydrogen) atoms. The fourth-order valence-electron chi connectivity index (χ4n) is 3.02. The number of nitrogens with zero attached hydrogens (tertiary/aromatic N) is 1. The molecule has 6 heteroatoms. The minimum absolute atomic E-state index is 0.0297. The molecule has 2 aromatic carbocycles. The van der Waals surface area contributed by atoms with Crippen molar-refractivity contribution in [2.45, 2.75) is 12.8 Å². The molecule has 1 aliphatic heterocycles. The summed E-state index contributed by atoms with van der Waals surface area (Å²) in [5.41, 5.74) is 1.61. The van der Waals surface area contributed by atoms with Gasteiger partial charge in [-0.2, -0.15) is 0 Å². The predicted molar refractivity (Wildman–Crippen MR) is 96.4 cm³/mol. The van der Waals surface area contributed by atoms with E-state index in [1.807, 2.05) is 0 Å². The number of hydrogen-bond acceptors (Lipinski definition) is 3. The summed E-state index contributed by atoms with van der Waals surface area (Å²) in [5, 5.41) is 2.84. The minimum Gasteiger partial charge on any atom is -0.497 e. The number of benzene rings is 2. The van der Waals surface area contributed by atoms with Gasteiger partial charge in [-0.1, -0.05) is 18.2 Å². The van der Waals surface area contributed by atoms with E-state index in [9.17, 15) is 14.0 Å². The molecule has 0 spiro atoms. The molecule has 0 aromatic heterocycles. The number of anilines is 1. The van der Waals surface area contributed by atoms with Crippen LogP contribution in [0, 0.1) is 11.7 Å². The first-order valence-corrected chi connectivity index (χ1v) is 8.52. The van der Waals surface area contributed by atoms with Crippen molar-refractivity contribution in [1.82, 2.24) is 4.90 Å². The molecule has 2 aromatic rings. The Morgan fingerprint density at radius 1 is 1.27 bits per heavy atom. The number of likely N-dealkylation sites (tertiary alicyclic amines) is 1. The first kappa shape index (κ1) is 17.9. The number of halogens is 1. The van der Waals surface area contributed by atoms with E-state index in [4.69, 9.17) is 4.74 Å². The molecule has 0 bridgehead atoms. The van der Waals surface area contributed by atoms with Gasteiger partial charge in [0, 0.05) is 31.3 Å². The smallest absolute Gasteiger partial charge is 0.229 e. The molecule has 1 atom stereocenters. The van der Waals surface area contributed by atoms with Crippen molar-refractivity contribution < 1.29 is 18.7 Å². The second-order valence-electron chi connectivity index (χ2n) is 6.34. The lowest BCUT2D eigenvalue weighted by molar-refractivity contribution is -0.128. The predicted octanol–water partition coefficient (Wildman–Crippen LogP) is 2.86. The van der Waals surface area contributed by atoms with E-state index in [0.29, 0.717) is 30.9 Å². The van der Waals surface area contributed by atoms with E-state index in [1.165, 1.54) is 12.1 Å². The monoisotopic (exact) mass is 356 g/mol. The van der Waals surface area contributed by atoms with Crippen LogP contribution in [0.3, 0.4) is 0 Å². The number of methoxy groups -OCH3 is 1. The Hall–Kier alpha value is -2.89. The highest BCUT2D eigenvalue weighted by Gasteiger charge is 2.34. The zero-order valence-corrected chi connectivity index (χ0v) is 14.6. The summed E-state index contributed by atoms with van der Waals surface area (Å²) >= 11 is 0. The molecule has 3 rings (SSSR count). The number of carbonyl (C=O) groups is 2.